The molecule has 1 aliphatic rings. The zero-order valence-electron chi connectivity index (χ0n) is 12.7. The van der Waals surface area contributed by atoms with E-state index in [2.05, 4.69) is 0 Å². The molecule has 2 rings (SSSR count). The summed E-state index contributed by atoms with van der Waals surface area (Å²) in [6.45, 7) is 0.808. The summed E-state index contributed by atoms with van der Waals surface area (Å²) in [6.07, 6.45) is -3.11. The third kappa shape index (κ3) is 4.31. The maximum Gasteiger partial charge on any atom is 0.416 e. The fourth-order valence-corrected chi connectivity index (χ4v) is 2.69. The third-order valence-corrected chi connectivity index (χ3v) is 3.91. The van der Waals surface area contributed by atoms with Gasteiger partial charge in [-0.3, -0.25) is 9.59 Å². The first-order valence-electron chi connectivity index (χ1n) is 7.31. The highest BCUT2D eigenvalue weighted by Gasteiger charge is 2.32. The Kier molecular flexibility index (Phi) is 5.41. The number of halogens is 3. The molecular formula is C16H18F3NO3. The minimum Gasteiger partial charge on any atom is -0.375 e. The summed E-state index contributed by atoms with van der Waals surface area (Å²) in [4.78, 5) is 25.8. The van der Waals surface area contributed by atoms with Crippen molar-refractivity contribution in [2.24, 2.45) is 5.92 Å². The van der Waals surface area contributed by atoms with Crippen LogP contribution >= 0.6 is 0 Å². The molecule has 0 aliphatic carbocycles. The molecule has 0 saturated carbocycles. The van der Waals surface area contributed by atoms with E-state index < -0.39 is 11.7 Å². The van der Waals surface area contributed by atoms with Crippen molar-refractivity contribution in [3.63, 3.8) is 0 Å². The number of hydrogen-bond donors (Lipinski definition) is 0. The Balaban J connectivity index is 2.06. The standard InChI is InChI=1S/C16H18F3NO3/c1-23-10-14(21)20-8-2-3-12(9-20)15(22)11-4-6-13(7-5-11)16(17,18)19/h4-7,12H,2-3,8-10H2,1H3/t12-/m1/s1. The second-order valence-electron chi connectivity index (χ2n) is 5.55. The van der Waals surface area contributed by atoms with Crippen molar-refractivity contribution in [2.75, 3.05) is 26.8 Å². The number of hydrogen-bond acceptors (Lipinski definition) is 3. The van der Waals surface area contributed by atoms with Crippen LogP contribution < -0.4 is 0 Å². The topological polar surface area (TPSA) is 46.6 Å². The fourth-order valence-electron chi connectivity index (χ4n) is 2.69. The number of nitrogens with zero attached hydrogens (tertiary/aromatic N) is 1. The average Bonchev–Trinajstić information content (AvgIpc) is 2.54. The zero-order chi connectivity index (χ0) is 17.0. The van der Waals surface area contributed by atoms with Crippen LogP contribution in [-0.2, 0) is 15.7 Å². The Hall–Kier alpha value is -1.89. The second kappa shape index (κ2) is 7.12. The Morgan fingerprint density at radius 2 is 1.91 bits per heavy atom. The van der Waals surface area contributed by atoms with Gasteiger partial charge in [0.25, 0.3) is 0 Å². The fraction of sp³-hybridized carbons (Fsp3) is 0.500. The lowest BCUT2D eigenvalue weighted by Gasteiger charge is -2.32. The Bertz CT molecular complexity index is 569. The summed E-state index contributed by atoms with van der Waals surface area (Å²) in [6, 6.07) is 4.20. The summed E-state index contributed by atoms with van der Waals surface area (Å²) in [5, 5.41) is 0. The predicted molar refractivity (Wildman–Crippen MR) is 77.0 cm³/mol. The van der Waals surface area contributed by atoms with Gasteiger partial charge in [-0.2, -0.15) is 13.2 Å². The number of alkyl halides is 3. The molecule has 1 saturated heterocycles. The quantitative estimate of drug-likeness (QED) is 0.798. The summed E-state index contributed by atoms with van der Waals surface area (Å²) >= 11 is 0. The maximum absolute atomic E-state index is 12.5. The molecule has 1 aromatic carbocycles. The lowest BCUT2D eigenvalue weighted by Crippen LogP contribution is -2.43. The molecule has 0 aromatic heterocycles. The maximum atomic E-state index is 12.5. The number of ether oxygens (including phenoxy) is 1. The van der Waals surface area contributed by atoms with Gasteiger partial charge in [-0.25, -0.2) is 0 Å². The highest BCUT2D eigenvalue weighted by atomic mass is 19.4. The van der Waals surface area contributed by atoms with Gasteiger partial charge in [0.2, 0.25) is 5.91 Å². The number of carbonyl (C=O) groups is 2. The summed E-state index contributed by atoms with van der Waals surface area (Å²) < 4.78 is 42.4. The minimum atomic E-state index is -4.42. The highest BCUT2D eigenvalue weighted by molar-refractivity contribution is 5.98. The first-order valence-corrected chi connectivity index (χ1v) is 7.31. The molecule has 0 bridgehead atoms. The molecule has 4 nitrogen and oxygen atoms in total. The normalized spacial score (nSPS) is 18.8. The molecule has 7 heteroatoms. The first kappa shape index (κ1) is 17.5. The van der Waals surface area contributed by atoms with Crippen LogP contribution in [0.4, 0.5) is 13.2 Å². The van der Waals surface area contributed by atoms with Crippen molar-refractivity contribution in [1.82, 2.24) is 4.90 Å². The Labute approximate surface area is 132 Å². The van der Waals surface area contributed by atoms with Gasteiger partial charge in [-0.05, 0) is 25.0 Å². The van der Waals surface area contributed by atoms with Crippen LogP contribution in [0.2, 0.25) is 0 Å². The molecule has 0 unspecified atom stereocenters. The van der Waals surface area contributed by atoms with Crippen LogP contribution in [0.5, 0.6) is 0 Å². The molecule has 1 atom stereocenters. The van der Waals surface area contributed by atoms with E-state index in [9.17, 15) is 22.8 Å². The van der Waals surface area contributed by atoms with Crippen molar-refractivity contribution >= 4 is 11.7 Å². The monoisotopic (exact) mass is 329 g/mol. The van der Waals surface area contributed by atoms with Gasteiger partial charge >= 0.3 is 6.18 Å². The molecule has 0 radical (unpaired) electrons. The van der Waals surface area contributed by atoms with Crippen LogP contribution in [0.15, 0.2) is 24.3 Å². The van der Waals surface area contributed by atoms with Gasteiger partial charge in [0.15, 0.2) is 5.78 Å². The summed E-state index contributed by atoms with van der Waals surface area (Å²) in [5.41, 5.74) is -0.543. The molecule has 1 aromatic rings. The molecular weight excluding hydrogens is 311 g/mol. The van der Waals surface area contributed by atoms with Crippen molar-refractivity contribution in [1.29, 1.82) is 0 Å². The largest absolute Gasteiger partial charge is 0.416 e. The smallest absolute Gasteiger partial charge is 0.375 e. The van der Waals surface area contributed by atoms with Crippen LogP contribution in [0, 0.1) is 5.92 Å². The van der Waals surface area contributed by atoms with Gasteiger partial charge in [0.1, 0.15) is 6.61 Å². The van der Waals surface area contributed by atoms with Crippen molar-refractivity contribution in [2.45, 2.75) is 19.0 Å². The number of piperidine rings is 1. The van der Waals surface area contributed by atoms with Gasteiger partial charge < -0.3 is 9.64 Å². The van der Waals surface area contributed by atoms with Crippen LogP contribution in [-0.4, -0.2) is 43.4 Å². The number of methoxy groups -OCH3 is 1. The number of ketones is 1. The summed E-state index contributed by atoms with van der Waals surface area (Å²) in [7, 11) is 1.42. The number of Topliss-reactive ketones (excluding diaryl/α,β-unsaturated/α-hetero) is 1. The Morgan fingerprint density at radius 1 is 1.26 bits per heavy atom. The van der Waals surface area contributed by atoms with Gasteiger partial charge in [-0.1, -0.05) is 12.1 Å². The first-order chi connectivity index (χ1) is 10.8. The van der Waals surface area contributed by atoms with Crippen molar-refractivity contribution < 1.29 is 27.5 Å². The second-order valence-corrected chi connectivity index (χ2v) is 5.55. The van der Waals surface area contributed by atoms with Crippen LogP contribution in [0.3, 0.4) is 0 Å². The summed E-state index contributed by atoms with van der Waals surface area (Å²) in [5.74, 6) is -0.799. The van der Waals surface area contributed by atoms with E-state index in [1.165, 1.54) is 19.2 Å². The SMILES string of the molecule is COCC(=O)N1CCC[C@@H](C(=O)c2ccc(C(F)(F)F)cc2)C1. The van der Waals surface area contributed by atoms with E-state index >= 15 is 0 Å². The number of likely N-dealkylation sites (tertiary alicyclic amines) is 1. The van der Waals surface area contributed by atoms with Crippen molar-refractivity contribution in [3.8, 4) is 0 Å². The molecule has 1 amide bonds. The molecule has 1 heterocycles. The van der Waals surface area contributed by atoms with E-state index in [-0.39, 0.29) is 36.3 Å². The number of amides is 1. The minimum absolute atomic E-state index is 0.0405. The molecule has 23 heavy (non-hydrogen) atoms. The van der Waals surface area contributed by atoms with Gasteiger partial charge in [0, 0.05) is 31.7 Å². The van der Waals surface area contributed by atoms with E-state index in [4.69, 9.17) is 4.74 Å². The van der Waals surface area contributed by atoms with Gasteiger partial charge in [0.05, 0.1) is 5.56 Å². The molecule has 126 valence electrons. The van der Waals surface area contributed by atoms with E-state index in [1.807, 2.05) is 0 Å². The Morgan fingerprint density at radius 3 is 2.48 bits per heavy atom. The number of rotatable bonds is 4. The third-order valence-electron chi connectivity index (χ3n) is 3.91. The van der Waals surface area contributed by atoms with E-state index in [0.29, 0.717) is 19.4 Å². The zero-order valence-corrected chi connectivity index (χ0v) is 12.7. The molecule has 1 fully saturated rings. The van der Waals surface area contributed by atoms with E-state index in [0.717, 1.165) is 12.1 Å². The molecule has 0 N–H and O–H groups in total. The highest BCUT2D eigenvalue weighted by Crippen LogP contribution is 2.30. The van der Waals surface area contributed by atoms with Crippen LogP contribution in [0.25, 0.3) is 0 Å². The average molecular weight is 329 g/mol. The molecule has 0 spiro atoms. The van der Waals surface area contributed by atoms with Crippen molar-refractivity contribution in [3.05, 3.63) is 35.4 Å². The molecule has 1 aliphatic heterocycles. The van der Waals surface area contributed by atoms with Gasteiger partial charge in [-0.15, -0.1) is 0 Å². The van der Waals surface area contributed by atoms with Crippen LogP contribution in [0.1, 0.15) is 28.8 Å². The lowest BCUT2D eigenvalue weighted by molar-refractivity contribution is -0.138. The predicted octanol–water partition coefficient (Wildman–Crippen LogP) is 2.77. The number of benzene rings is 1. The lowest BCUT2D eigenvalue weighted by atomic mass is 9.89. The van der Waals surface area contributed by atoms with E-state index in [1.54, 1.807) is 4.90 Å². The number of carbonyl (C=O) groups excluding carboxylic acids is 2.